The van der Waals surface area contributed by atoms with Crippen molar-refractivity contribution in [3.63, 3.8) is 0 Å². The SMILES string of the molecule is Cn1ccnc1CC(=O)N1CCOCC1. The average Bonchev–Trinajstić information content (AvgIpc) is 2.66. The van der Waals surface area contributed by atoms with Gasteiger partial charge in [-0.2, -0.15) is 0 Å². The summed E-state index contributed by atoms with van der Waals surface area (Å²) < 4.78 is 7.07. The van der Waals surface area contributed by atoms with E-state index < -0.39 is 0 Å². The predicted octanol–water partition coefficient (Wildman–Crippen LogP) is -0.179. The molecule has 15 heavy (non-hydrogen) atoms. The molecule has 1 fully saturated rings. The van der Waals surface area contributed by atoms with Crippen LogP contribution in [0.3, 0.4) is 0 Å². The lowest BCUT2D eigenvalue weighted by Crippen LogP contribution is -2.41. The minimum Gasteiger partial charge on any atom is -0.378 e. The van der Waals surface area contributed by atoms with Gasteiger partial charge in [0, 0.05) is 32.5 Å². The van der Waals surface area contributed by atoms with Crippen LogP contribution in [0, 0.1) is 0 Å². The van der Waals surface area contributed by atoms with Gasteiger partial charge < -0.3 is 14.2 Å². The molecule has 0 unspecified atom stereocenters. The largest absolute Gasteiger partial charge is 0.378 e. The van der Waals surface area contributed by atoms with E-state index in [-0.39, 0.29) is 5.91 Å². The Bertz CT molecular complexity index is 342. The van der Waals surface area contributed by atoms with Gasteiger partial charge in [0.15, 0.2) is 0 Å². The second kappa shape index (κ2) is 4.44. The lowest BCUT2D eigenvalue weighted by atomic mass is 10.3. The first-order valence-electron chi connectivity index (χ1n) is 5.09. The fourth-order valence-electron chi connectivity index (χ4n) is 1.63. The highest BCUT2D eigenvalue weighted by Crippen LogP contribution is 2.02. The van der Waals surface area contributed by atoms with E-state index in [1.165, 1.54) is 0 Å². The first-order chi connectivity index (χ1) is 7.27. The second-order valence-electron chi connectivity index (χ2n) is 3.62. The molecular weight excluding hydrogens is 194 g/mol. The normalized spacial score (nSPS) is 16.7. The van der Waals surface area contributed by atoms with Gasteiger partial charge in [-0.3, -0.25) is 4.79 Å². The van der Waals surface area contributed by atoms with Crippen LogP contribution < -0.4 is 0 Å². The Morgan fingerprint density at radius 1 is 1.53 bits per heavy atom. The fraction of sp³-hybridized carbons (Fsp3) is 0.600. The molecule has 0 radical (unpaired) electrons. The zero-order valence-electron chi connectivity index (χ0n) is 8.85. The summed E-state index contributed by atoms with van der Waals surface area (Å²) in [6.45, 7) is 2.69. The van der Waals surface area contributed by atoms with Crippen LogP contribution in [0.1, 0.15) is 5.82 Å². The third kappa shape index (κ3) is 2.36. The molecule has 0 aliphatic carbocycles. The number of imidazole rings is 1. The van der Waals surface area contributed by atoms with E-state index in [0.717, 1.165) is 5.82 Å². The van der Waals surface area contributed by atoms with Crippen molar-refractivity contribution in [2.45, 2.75) is 6.42 Å². The lowest BCUT2D eigenvalue weighted by molar-refractivity contribution is -0.134. The number of aromatic nitrogens is 2. The Morgan fingerprint density at radius 2 is 2.27 bits per heavy atom. The topological polar surface area (TPSA) is 47.4 Å². The lowest BCUT2D eigenvalue weighted by Gasteiger charge is -2.26. The maximum Gasteiger partial charge on any atom is 0.230 e. The molecule has 0 aromatic carbocycles. The molecule has 0 bridgehead atoms. The summed E-state index contributed by atoms with van der Waals surface area (Å²) in [5.41, 5.74) is 0. The van der Waals surface area contributed by atoms with E-state index in [9.17, 15) is 4.79 Å². The van der Waals surface area contributed by atoms with Crippen molar-refractivity contribution in [2.75, 3.05) is 26.3 Å². The molecule has 0 spiro atoms. The molecule has 0 saturated carbocycles. The van der Waals surface area contributed by atoms with Crippen LogP contribution in [0.2, 0.25) is 0 Å². The molecule has 82 valence electrons. The van der Waals surface area contributed by atoms with Gasteiger partial charge >= 0.3 is 0 Å². The number of amides is 1. The van der Waals surface area contributed by atoms with Crippen molar-refractivity contribution in [3.05, 3.63) is 18.2 Å². The molecule has 2 heterocycles. The summed E-state index contributed by atoms with van der Waals surface area (Å²) in [6.07, 6.45) is 3.94. The van der Waals surface area contributed by atoms with Gasteiger partial charge in [0.1, 0.15) is 5.82 Å². The van der Waals surface area contributed by atoms with Gasteiger partial charge in [-0.25, -0.2) is 4.98 Å². The molecule has 5 nitrogen and oxygen atoms in total. The first-order valence-corrected chi connectivity index (χ1v) is 5.09. The van der Waals surface area contributed by atoms with Gasteiger partial charge in [0.05, 0.1) is 19.6 Å². The monoisotopic (exact) mass is 209 g/mol. The quantitative estimate of drug-likeness (QED) is 0.679. The van der Waals surface area contributed by atoms with Crippen molar-refractivity contribution >= 4 is 5.91 Å². The maximum absolute atomic E-state index is 11.8. The van der Waals surface area contributed by atoms with Gasteiger partial charge in [-0.1, -0.05) is 0 Å². The summed E-state index contributed by atoms with van der Waals surface area (Å²) in [5, 5.41) is 0. The van der Waals surface area contributed by atoms with Crippen molar-refractivity contribution < 1.29 is 9.53 Å². The molecule has 1 aromatic heterocycles. The standard InChI is InChI=1S/C10H15N3O2/c1-12-3-2-11-9(12)8-10(14)13-4-6-15-7-5-13/h2-3H,4-8H2,1H3. The highest BCUT2D eigenvalue weighted by atomic mass is 16.5. The van der Waals surface area contributed by atoms with Crippen LogP contribution in [-0.2, 0) is 23.0 Å². The minimum atomic E-state index is 0.132. The van der Waals surface area contributed by atoms with Gasteiger partial charge in [-0.15, -0.1) is 0 Å². The number of rotatable bonds is 2. The highest BCUT2D eigenvalue weighted by Gasteiger charge is 2.18. The summed E-state index contributed by atoms with van der Waals surface area (Å²) in [5.74, 6) is 0.944. The van der Waals surface area contributed by atoms with Crippen LogP contribution in [-0.4, -0.2) is 46.7 Å². The molecular formula is C10H15N3O2. The third-order valence-corrected chi connectivity index (χ3v) is 2.59. The molecule has 5 heteroatoms. The summed E-state index contributed by atoms with van der Waals surface area (Å²) >= 11 is 0. The van der Waals surface area contributed by atoms with Gasteiger partial charge in [0.2, 0.25) is 5.91 Å². The van der Waals surface area contributed by atoms with Crippen molar-refractivity contribution in [2.24, 2.45) is 7.05 Å². The maximum atomic E-state index is 11.8. The average molecular weight is 209 g/mol. The van der Waals surface area contributed by atoms with E-state index in [1.807, 2.05) is 22.7 Å². The molecule has 1 aromatic rings. The first kappa shape index (κ1) is 10.2. The molecule has 0 atom stereocenters. The zero-order valence-corrected chi connectivity index (χ0v) is 8.85. The summed E-state index contributed by atoms with van der Waals surface area (Å²) in [7, 11) is 1.90. The second-order valence-corrected chi connectivity index (χ2v) is 3.62. The number of nitrogens with zero attached hydrogens (tertiary/aromatic N) is 3. The van der Waals surface area contributed by atoms with Crippen LogP contribution in [0.15, 0.2) is 12.4 Å². The summed E-state index contributed by atoms with van der Waals surface area (Å²) in [6, 6.07) is 0. The van der Waals surface area contributed by atoms with Crippen LogP contribution >= 0.6 is 0 Å². The zero-order chi connectivity index (χ0) is 10.7. The van der Waals surface area contributed by atoms with E-state index in [2.05, 4.69) is 4.98 Å². The smallest absolute Gasteiger partial charge is 0.230 e. The van der Waals surface area contributed by atoms with Gasteiger partial charge in [-0.05, 0) is 0 Å². The molecule has 1 aliphatic heterocycles. The number of carbonyl (C=O) groups is 1. The van der Waals surface area contributed by atoms with E-state index in [1.54, 1.807) is 6.20 Å². The fourth-order valence-corrected chi connectivity index (χ4v) is 1.63. The van der Waals surface area contributed by atoms with Crippen molar-refractivity contribution in [1.29, 1.82) is 0 Å². The molecule has 0 N–H and O–H groups in total. The van der Waals surface area contributed by atoms with Crippen molar-refractivity contribution in [1.82, 2.24) is 14.5 Å². The Balaban J connectivity index is 1.94. The Morgan fingerprint density at radius 3 is 2.87 bits per heavy atom. The summed E-state index contributed by atoms with van der Waals surface area (Å²) in [4.78, 5) is 17.8. The molecule has 1 aliphatic rings. The number of carbonyl (C=O) groups excluding carboxylic acids is 1. The number of hydrogen-bond donors (Lipinski definition) is 0. The Kier molecular flexibility index (Phi) is 3.01. The van der Waals surface area contributed by atoms with Crippen LogP contribution in [0.4, 0.5) is 0 Å². The Hall–Kier alpha value is -1.36. The number of ether oxygens (including phenoxy) is 1. The highest BCUT2D eigenvalue weighted by molar-refractivity contribution is 5.78. The van der Waals surface area contributed by atoms with E-state index in [4.69, 9.17) is 4.74 Å². The van der Waals surface area contributed by atoms with Gasteiger partial charge in [0.25, 0.3) is 0 Å². The van der Waals surface area contributed by atoms with Crippen molar-refractivity contribution in [3.8, 4) is 0 Å². The third-order valence-electron chi connectivity index (χ3n) is 2.59. The predicted molar refractivity (Wildman–Crippen MR) is 54.3 cm³/mol. The van der Waals surface area contributed by atoms with Crippen LogP contribution in [0.5, 0.6) is 0 Å². The van der Waals surface area contributed by atoms with E-state index >= 15 is 0 Å². The molecule has 2 rings (SSSR count). The Labute approximate surface area is 88.7 Å². The number of aryl methyl sites for hydroxylation is 1. The number of morpholine rings is 1. The number of hydrogen-bond acceptors (Lipinski definition) is 3. The molecule has 1 amide bonds. The minimum absolute atomic E-state index is 0.132. The van der Waals surface area contributed by atoms with E-state index in [0.29, 0.717) is 32.7 Å². The van der Waals surface area contributed by atoms with Crippen LogP contribution in [0.25, 0.3) is 0 Å². The molecule has 1 saturated heterocycles.